The third kappa shape index (κ3) is 4.07. The maximum Gasteiger partial charge on any atom is 0.227 e. The van der Waals surface area contributed by atoms with Gasteiger partial charge in [0.15, 0.2) is 0 Å². The quantitative estimate of drug-likeness (QED) is 0.694. The lowest BCUT2D eigenvalue weighted by Crippen LogP contribution is -2.30. The molecular formula is C18H19N3OS. The van der Waals surface area contributed by atoms with E-state index in [1.165, 1.54) is 0 Å². The van der Waals surface area contributed by atoms with Crippen LogP contribution < -0.4 is 4.90 Å². The smallest absolute Gasteiger partial charge is 0.227 e. The highest BCUT2D eigenvalue weighted by molar-refractivity contribution is 7.07. The number of anilines is 1. The summed E-state index contributed by atoms with van der Waals surface area (Å²) in [7, 11) is 1.89. The number of aromatic nitrogens is 2. The standard InChI is InChI=1S/C18H19N3OS/c1-20-12-15(11-19-20)7-8-18(22)21(13-16-9-10-23-14-16)17-5-3-2-4-6-17/h2-6,9-12,14H,7-8,13H2,1H3. The Morgan fingerprint density at radius 1 is 1.22 bits per heavy atom. The number of hydrogen-bond acceptors (Lipinski definition) is 3. The molecule has 1 amide bonds. The van der Waals surface area contributed by atoms with Crippen molar-refractivity contribution in [1.82, 2.24) is 9.78 Å². The number of benzene rings is 1. The molecule has 0 aliphatic rings. The minimum Gasteiger partial charge on any atom is -0.308 e. The summed E-state index contributed by atoms with van der Waals surface area (Å²) in [4.78, 5) is 14.6. The molecule has 0 aliphatic heterocycles. The summed E-state index contributed by atoms with van der Waals surface area (Å²) in [6.07, 6.45) is 4.96. The average Bonchev–Trinajstić information content (AvgIpc) is 3.23. The van der Waals surface area contributed by atoms with Gasteiger partial charge in [0.2, 0.25) is 5.91 Å². The fourth-order valence-corrected chi connectivity index (χ4v) is 3.14. The summed E-state index contributed by atoms with van der Waals surface area (Å²) in [5, 5.41) is 8.28. The van der Waals surface area contributed by atoms with Crippen molar-refractivity contribution in [3.8, 4) is 0 Å². The predicted molar refractivity (Wildman–Crippen MR) is 93.5 cm³/mol. The normalized spacial score (nSPS) is 10.7. The molecule has 5 heteroatoms. The zero-order valence-electron chi connectivity index (χ0n) is 13.1. The molecule has 2 aromatic heterocycles. The average molecular weight is 325 g/mol. The number of carbonyl (C=O) groups is 1. The Hall–Kier alpha value is -2.40. The Balaban J connectivity index is 1.73. The van der Waals surface area contributed by atoms with Crippen LogP contribution in [0.5, 0.6) is 0 Å². The fraction of sp³-hybridized carbons (Fsp3) is 0.222. The van der Waals surface area contributed by atoms with Crippen LogP contribution in [-0.2, 0) is 24.8 Å². The van der Waals surface area contributed by atoms with Crippen molar-refractivity contribution in [2.24, 2.45) is 7.05 Å². The molecule has 0 atom stereocenters. The van der Waals surface area contributed by atoms with Crippen LogP contribution in [-0.4, -0.2) is 15.7 Å². The maximum absolute atomic E-state index is 12.8. The first kappa shape index (κ1) is 15.5. The number of hydrogen-bond donors (Lipinski definition) is 0. The molecule has 23 heavy (non-hydrogen) atoms. The van der Waals surface area contributed by atoms with Gasteiger partial charge in [-0.25, -0.2) is 0 Å². The number of carbonyl (C=O) groups excluding carboxylic acids is 1. The highest BCUT2D eigenvalue weighted by atomic mass is 32.1. The van der Waals surface area contributed by atoms with Crippen molar-refractivity contribution in [3.63, 3.8) is 0 Å². The lowest BCUT2D eigenvalue weighted by atomic mass is 10.1. The molecule has 0 fully saturated rings. The van der Waals surface area contributed by atoms with Crippen molar-refractivity contribution in [2.45, 2.75) is 19.4 Å². The van der Waals surface area contributed by atoms with Gasteiger partial charge in [0.05, 0.1) is 12.7 Å². The summed E-state index contributed by atoms with van der Waals surface area (Å²) in [5.41, 5.74) is 3.19. The van der Waals surface area contributed by atoms with Crippen molar-refractivity contribution >= 4 is 22.9 Å². The highest BCUT2D eigenvalue weighted by Crippen LogP contribution is 2.20. The summed E-state index contributed by atoms with van der Waals surface area (Å²) >= 11 is 1.65. The second-order valence-electron chi connectivity index (χ2n) is 5.47. The van der Waals surface area contributed by atoms with Crippen molar-refractivity contribution in [1.29, 1.82) is 0 Å². The van der Waals surface area contributed by atoms with E-state index < -0.39 is 0 Å². The number of amides is 1. The second-order valence-corrected chi connectivity index (χ2v) is 6.25. The summed E-state index contributed by atoms with van der Waals surface area (Å²) in [6, 6.07) is 11.9. The van der Waals surface area contributed by atoms with E-state index in [9.17, 15) is 4.79 Å². The predicted octanol–water partition coefficient (Wildman–Crippen LogP) is 3.65. The van der Waals surface area contributed by atoms with Crippen LogP contribution in [0.1, 0.15) is 17.5 Å². The van der Waals surface area contributed by atoms with E-state index in [4.69, 9.17) is 0 Å². The second kappa shape index (κ2) is 7.24. The summed E-state index contributed by atoms with van der Waals surface area (Å²) < 4.78 is 1.76. The van der Waals surface area contributed by atoms with Gasteiger partial charge < -0.3 is 4.90 Å². The van der Waals surface area contributed by atoms with Gasteiger partial charge in [-0.1, -0.05) is 18.2 Å². The van der Waals surface area contributed by atoms with Gasteiger partial charge in [0, 0.05) is 25.4 Å². The van der Waals surface area contributed by atoms with Crippen LogP contribution >= 0.6 is 11.3 Å². The Labute approximate surface area is 140 Å². The molecule has 0 saturated carbocycles. The molecule has 0 saturated heterocycles. The summed E-state index contributed by atoms with van der Waals surface area (Å²) in [5.74, 6) is 0.131. The molecule has 1 aromatic carbocycles. The molecule has 0 N–H and O–H groups in total. The number of nitrogens with zero attached hydrogens (tertiary/aromatic N) is 3. The molecule has 0 bridgehead atoms. The van der Waals surface area contributed by atoms with Gasteiger partial charge in [0.1, 0.15) is 0 Å². The Morgan fingerprint density at radius 3 is 2.70 bits per heavy atom. The Morgan fingerprint density at radius 2 is 2.04 bits per heavy atom. The monoisotopic (exact) mass is 325 g/mol. The van der Waals surface area contributed by atoms with Crippen molar-refractivity contribution in [3.05, 3.63) is 70.7 Å². The molecule has 0 aliphatic carbocycles. The van der Waals surface area contributed by atoms with Crippen LogP contribution in [0.25, 0.3) is 0 Å². The van der Waals surface area contributed by atoms with Gasteiger partial charge in [-0.15, -0.1) is 0 Å². The molecule has 0 radical (unpaired) electrons. The molecule has 3 rings (SSSR count). The van der Waals surface area contributed by atoms with E-state index in [0.29, 0.717) is 19.4 Å². The van der Waals surface area contributed by atoms with E-state index in [-0.39, 0.29) is 5.91 Å². The minimum atomic E-state index is 0.131. The van der Waals surface area contributed by atoms with E-state index in [1.54, 1.807) is 16.0 Å². The first-order chi connectivity index (χ1) is 11.2. The molecule has 4 nitrogen and oxygen atoms in total. The number of para-hydroxylation sites is 1. The number of thiophene rings is 1. The van der Waals surface area contributed by atoms with E-state index in [0.717, 1.165) is 16.8 Å². The maximum atomic E-state index is 12.8. The van der Waals surface area contributed by atoms with Crippen LogP contribution in [0.3, 0.4) is 0 Å². The SMILES string of the molecule is Cn1cc(CCC(=O)N(Cc2ccsc2)c2ccccc2)cn1. The van der Waals surface area contributed by atoms with Gasteiger partial charge in [-0.05, 0) is 46.5 Å². The van der Waals surface area contributed by atoms with E-state index in [1.807, 2.05) is 60.1 Å². The van der Waals surface area contributed by atoms with Crippen LogP contribution in [0.4, 0.5) is 5.69 Å². The van der Waals surface area contributed by atoms with Crippen molar-refractivity contribution in [2.75, 3.05) is 4.90 Å². The number of aryl methyl sites for hydroxylation is 2. The molecular weight excluding hydrogens is 306 g/mol. The first-order valence-electron chi connectivity index (χ1n) is 7.56. The molecule has 0 spiro atoms. The van der Waals surface area contributed by atoms with Crippen LogP contribution in [0.15, 0.2) is 59.6 Å². The zero-order chi connectivity index (χ0) is 16.1. The zero-order valence-corrected chi connectivity index (χ0v) is 13.9. The van der Waals surface area contributed by atoms with Gasteiger partial charge >= 0.3 is 0 Å². The third-order valence-electron chi connectivity index (χ3n) is 3.68. The van der Waals surface area contributed by atoms with Crippen molar-refractivity contribution < 1.29 is 4.79 Å². The first-order valence-corrected chi connectivity index (χ1v) is 8.50. The molecule has 2 heterocycles. The molecule has 3 aromatic rings. The van der Waals surface area contributed by atoms with E-state index in [2.05, 4.69) is 16.5 Å². The van der Waals surface area contributed by atoms with Gasteiger partial charge in [0.25, 0.3) is 0 Å². The fourth-order valence-electron chi connectivity index (χ4n) is 2.48. The minimum absolute atomic E-state index is 0.131. The lowest BCUT2D eigenvalue weighted by Gasteiger charge is -2.22. The highest BCUT2D eigenvalue weighted by Gasteiger charge is 2.16. The lowest BCUT2D eigenvalue weighted by molar-refractivity contribution is -0.118. The number of rotatable bonds is 6. The van der Waals surface area contributed by atoms with Crippen LogP contribution in [0, 0.1) is 0 Å². The van der Waals surface area contributed by atoms with E-state index >= 15 is 0 Å². The Kier molecular flexibility index (Phi) is 4.88. The Bertz CT molecular complexity index is 750. The van der Waals surface area contributed by atoms with Gasteiger partial charge in [-0.3, -0.25) is 9.48 Å². The van der Waals surface area contributed by atoms with Gasteiger partial charge in [-0.2, -0.15) is 16.4 Å². The topological polar surface area (TPSA) is 38.1 Å². The third-order valence-corrected chi connectivity index (χ3v) is 4.41. The molecule has 118 valence electrons. The van der Waals surface area contributed by atoms with Crippen LogP contribution in [0.2, 0.25) is 0 Å². The largest absolute Gasteiger partial charge is 0.308 e. The summed E-state index contributed by atoms with van der Waals surface area (Å²) in [6.45, 7) is 0.611. The molecule has 0 unspecified atom stereocenters.